The molecule has 1 aliphatic rings. The van der Waals surface area contributed by atoms with Crippen LogP contribution in [0.25, 0.3) is 0 Å². The summed E-state index contributed by atoms with van der Waals surface area (Å²) in [5, 5.41) is 3.17. The monoisotopic (exact) mass is 324 g/mol. The van der Waals surface area contributed by atoms with Gasteiger partial charge in [0.25, 0.3) is 5.91 Å². The van der Waals surface area contributed by atoms with E-state index in [1.54, 1.807) is 12.1 Å². The first-order valence-electron chi connectivity index (χ1n) is 6.94. The summed E-state index contributed by atoms with van der Waals surface area (Å²) in [5.74, 6) is 0.518. The van der Waals surface area contributed by atoms with Gasteiger partial charge in [0.2, 0.25) is 0 Å². The Morgan fingerprint density at radius 2 is 2.05 bits per heavy atom. The van der Waals surface area contributed by atoms with E-state index in [9.17, 15) is 4.79 Å². The van der Waals surface area contributed by atoms with Gasteiger partial charge in [0.1, 0.15) is 0 Å². The van der Waals surface area contributed by atoms with Gasteiger partial charge in [-0.05, 0) is 52.9 Å². The van der Waals surface area contributed by atoms with Gasteiger partial charge >= 0.3 is 0 Å². The van der Waals surface area contributed by atoms with Gasteiger partial charge < -0.3 is 11.1 Å². The summed E-state index contributed by atoms with van der Waals surface area (Å²) in [5.41, 5.74) is 6.98. The molecule has 4 heteroatoms. The van der Waals surface area contributed by atoms with Crippen molar-refractivity contribution in [3.05, 3.63) is 28.2 Å². The molecule has 0 saturated heterocycles. The third kappa shape index (κ3) is 3.72. The maximum atomic E-state index is 12.3. The van der Waals surface area contributed by atoms with E-state index >= 15 is 0 Å². The Hall–Kier alpha value is -1.03. The molecule has 19 heavy (non-hydrogen) atoms. The molecule has 3 nitrogen and oxygen atoms in total. The zero-order chi connectivity index (χ0) is 13.8. The molecule has 1 aliphatic carbocycles. The molecule has 0 radical (unpaired) electrons. The number of anilines is 1. The standard InChI is InChI=1S/C15H21BrN2O/c1-10-5-3-2-4-6-14(10)18-15(19)12-9-11(17)7-8-13(12)16/h7-10,14H,2-6,17H2,1H3,(H,18,19). The number of hydrogen-bond acceptors (Lipinski definition) is 2. The number of halogens is 1. The molecule has 0 heterocycles. The summed E-state index contributed by atoms with van der Waals surface area (Å²) >= 11 is 3.41. The minimum Gasteiger partial charge on any atom is -0.399 e. The van der Waals surface area contributed by atoms with Crippen molar-refractivity contribution in [2.45, 2.75) is 45.1 Å². The molecule has 0 aliphatic heterocycles. The van der Waals surface area contributed by atoms with Crippen LogP contribution >= 0.6 is 15.9 Å². The van der Waals surface area contributed by atoms with Gasteiger partial charge in [-0.1, -0.05) is 26.2 Å². The number of benzene rings is 1. The van der Waals surface area contributed by atoms with Crippen LogP contribution in [0.15, 0.2) is 22.7 Å². The van der Waals surface area contributed by atoms with E-state index in [1.807, 2.05) is 6.07 Å². The van der Waals surface area contributed by atoms with E-state index in [0.717, 1.165) is 10.9 Å². The summed E-state index contributed by atoms with van der Waals surface area (Å²) < 4.78 is 0.792. The van der Waals surface area contributed by atoms with Crippen LogP contribution in [-0.4, -0.2) is 11.9 Å². The fourth-order valence-electron chi connectivity index (χ4n) is 2.67. The topological polar surface area (TPSA) is 55.1 Å². The summed E-state index contributed by atoms with van der Waals surface area (Å²) in [6.45, 7) is 2.23. The average molecular weight is 325 g/mol. The van der Waals surface area contributed by atoms with Crippen LogP contribution in [0, 0.1) is 5.92 Å². The summed E-state index contributed by atoms with van der Waals surface area (Å²) in [4.78, 5) is 12.3. The number of rotatable bonds is 2. The van der Waals surface area contributed by atoms with Crippen LogP contribution in [0.2, 0.25) is 0 Å². The molecule has 1 saturated carbocycles. The lowest BCUT2D eigenvalue weighted by Gasteiger charge is -2.23. The Morgan fingerprint density at radius 3 is 2.84 bits per heavy atom. The molecule has 104 valence electrons. The Labute approximate surface area is 123 Å². The van der Waals surface area contributed by atoms with Crippen molar-refractivity contribution in [2.75, 3.05) is 5.73 Å². The second-order valence-corrected chi connectivity index (χ2v) is 6.29. The second-order valence-electron chi connectivity index (χ2n) is 5.43. The first kappa shape index (κ1) is 14.4. The predicted molar refractivity (Wildman–Crippen MR) is 82.1 cm³/mol. The molecule has 2 rings (SSSR count). The first-order valence-corrected chi connectivity index (χ1v) is 7.73. The molecule has 1 aromatic rings. The second kappa shape index (κ2) is 6.42. The predicted octanol–water partition coefficient (Wildman–Crippen LogP) is 3.73. The molecular weight excluding hydrogens is 304 g/mol. The van der Waals surface area contributed by atoms with E-state index in [-0.39, 0.29) is 11.9 Å². The van der Waals surface area contributed by atoms with Gasteiger partial charge in [0.05, 0.1) is 5.56 Å². The molecule has 2 unspecified atom stereocenters. The number of hydrogen-bond donors (Lipinski definition) is 2. The maximum Gasteiger partial charge on any atom is 0.252 e. The van der Waals surface area contributed by atoms with Gasteiger partial charge in [-0.15, -0.1) is 0 Å². The molecule has 1 aromatic carbocycles. The number of amides is 1. The van der Waals surface area contributed by atoms with Crippen LogP contribution in [0.5, 0.6) is 0 Å². The fourth-order valence-corrected chi connectivity index (χ4v) is 3.10. The van der Waals surface area contributed by atoms with E-state index in [0.29, 0.717) is 17.2 Å². The van der Waals surface area contributed by atoms with Crippen LogP contribution in [-0.2, 0) is 0 Å². The molecule has 0 bridgehead atoms. The average Bonchev–Trinajstić information content (AvgIpc) is 2.58. The van der Waals surface area contributed by atoms with Crippen molar-refractivity contribution in [1.29, 1.82) is 0 Å². The lowest BCUT2D eigenvalue weighted by atomic mass is 9.96. The Balaban J connectivity index is 2.09. The largest absolute Gasteiger partial charge is 0.399 e. The number of carbonyl (C=O) groups excluding carboxylic acids is 1. The van der Waals surface area contributed by atoms with Crippen LogP contribution < -0.4 is 11.1 Å². The Morgan fingerprint density at radius 1 is 1.32 bits per heavy atom. The quantitative estimate of drug-likeness (QED) is 0.643. The summed E-state index contributed by atoms with van der Waals surface area (Å²) in [6.07, 6.45) is 6.03. The van der Waals surface area contributed by atoms with Crippen molar-refractivity contribution in [3.8, 4) is 0 Å². The zero-order valence-electron chi connectivity index (χ0n) is 11.3. The van der Waals surface area contributed by atoms with Gasteiger partial charge in [0, 0.05) is 16.2 Å². The van der Waals surface area contributed by atoms with Crippen molar-refractivity contribution < 1.29 is 4.79 Å². The minimum atomic E-state index is -0.0297. The highest BCUT2D eigenvalue weighted by atomic mass is 79.9. The third-order valence-corrected chi connectivity index (χ3v) is 4.60. The zero-order valence-corrected chi connectivity index (χ0v) is 12.9. The molecule has 2 atom stereocenters. The van der Waals surface area contributed by atoms with Gasteiger partial charge in [-0.2, -0.15) is 0 Å². The van der Waals surface area contributed by atoms with E-state index in [1.165, 1.54) is 25.7 Å². The van der Waals surface area contributed by atoms with Crippen LogP contribution in [0.1, 0.15) is 49.4 Å². The molecular formula is C15H21BrN2O. The normalized spacial score (nSPS) is 23.7. The Kier molecular flexibility index (Phi) is 4.86. The fraction of sp³-hybridized carbons (Fsp3) is 0.533. The number of nitrogen functional groups attached to an aromatic ring is 1. The Bertz CT molecular complexity index is 461. The maximum absolute atomic E-state index is 12.3. The first-order chi connectivity index (χ1) is 9.08. The molecule has 3 N–H and O–H groups in total. The molecule has 1 fully saturated rings. The van der Waals surface area contributed by atoms with Gasteiger partial charge in [0.15, 0.2) is 0 Å². The SMILES string of the molecule is CC1CCCCCC1NC(=O)c1cc(N)ccc1Br. The number of carbonyl (C=O) groups is 1. The van der Waals surface area contributed by atoms with Crippen molar-refractivity contribution in [1.82, 2.24) is 5.32 Å². The van der Waals surface area contributed by atoms with Crippen LogP contribution in [0.3, 0.4) is 0 Å². The smallest absolute Gasteiger partial charge is 0.252 e. The number of nitrogens with one attached hydrogen (secondary N) is 1. The van der Waals surface area contributed by atoms with Crippen molar-refractivity contribution in [3.63, 3.8) is 0 Å². The lowest BCUT2D eigenvalue weighted by Crippen LogP contribution is -2.39. The number of nitrogens with two attached hydrogens (primary N) is 1. The lowest BCUT2D eigenvalue weighted by molar-refractivity contribution is 0.0921. The van der Waals surface area contributed by atoms with E-state index < -0.39 is 0 Å². The highest BCUT2D eigenvalue weighted by Gasteiger charge is 2.22. The molecule has 0 spiro atoms. The summed E-state index contributed by atoms with van der Waals surface area (Å²) in [6, 6.07) is 5.61. The van der Waals surface area contributed by atoms with E-state index in [2.05, 4.69) is 28.2 Å². The van der Waals surface area contributed by atoms with Crippen molar-refractivity contribution in [2.24, 2.45) is 5.92 Å². The minimum absolute atomic E-state index is 0.0297. The van der Waals surface area contributed by atoms with Crippen molar-refractivity contribution >= 4 is 27.5 Å². The van der Waals surface area contributed by atoms with E-state index in [4.69, 9.17) is 5.73 Å². The van der Waals surface area contributed by atoms with Crippen LogP contribution in [0.4, 0.5) is 5.69 Å². The van der Waals surface area contributed by atoms with Gasteiger partial charge in [-0.25, -0.2) is 0 Å². The molecule has 1 amide bonds. The molecule has 0 aromatic heterocycles. The van der Waals surface area contributed by atoms with Gasteiger partial charge in [-0.3, -0.25) is 4.79 Å². The highest BCUT2D eigenvalue weighted by Crippen LogP contribution is 2.24. The third-order valence-electron chi connectivity index (χ3n) is 3.91. The highest BCUT2D eigenvalue weighted by molar-refractivity contribution is 9.10. The summed E-state index contributed by atoms with van der Waals surface area (Å²) in [7, 11) is 0.